The SMILES string of the molecule is CC(=CC(=O)c1ccc(C)cc1)NCc1ccccc1. The summed E-state index contributed by atoms with van der Waals surface area (Å²) in [6.07, 6.45) is 1.65. The largest absolute Gasteiger partial charge is 0.384 e. The smallest absolute Gasteiger partial charge is 0.187 e. The lowest BCUT2D eigenvalue weighted by atomic mass is 10.1. The third kappa shape index (κ3) is 4.09. The van der Waals surface area contributed by atoms with E-state index in [0.717, 1.165) is 23.4 Å². The molecular weight excluding hydrogens is 246 g/mol. The van der Waals surface area contributed by atoms with Crippen molar-refractivity contribution in [2.24, 2.45) is 0 Å². The fourth-order valence-electron chi connectivity index (χ4n) is 1.89. The van der Waals surface area contributed by atoms with Gasteiger partial charge >= 0.3 is 0 Å². The van der Waals surface area contributed by atoms with E-state index in [-0.39, 0.29) is 5.78 Å². The molecule has 2 heteroatoms. The monoisotopic (exact) mass is 265 g/mol. The maximum absolute atomic E-state index is 12.1. The first-order valence-corrected chi connectivity index (χ1v) is 6.72. The Morgan fingerprint density at radius 2 is 1.70 bits per heavy atom. The van der Waals surface area contributed by atoms with Crippen molar-refractivity contribution in [3.05, 3.63) is 83.1 Å². The topological polar surface area (TPSA) is 29.1 Å². The van der Waals surface area contributed by atoms with Crippen LogP contribution < -0.4 is 5.32 Å². The van der Waals surface area contributed by atoms with Crippen LogP contribution in [0.15, 0.2) is 66.4 Å². The molecule has 2 nitrogen and oxygen atoms in total. The van der Waals surface area contributed by atoms with Crippen molar-refractivity contribution in [3.63, 3.8) is 0 Å². The summed E-state index contributed by atoms with van der Waals surface area (Å²) < 4.78 is 0. The second-order valence-corrected chi connectivity index (χ2v) is 4.90. The zero-order valence-corrected chi connectivity index (χ0v) is 11.9. The van der Waals surface area contributed by atoms with Crippen LogP contribution in [0.1, 0.15) is 28.4 Å². The second kappa shape index (κ2) is 6.71. The van der Waals surface area contributed by atoms with Crippen LogP contribution in [0.3, 0.4) is 0 Å². The number of ketones is 1. The highest BCUT2D eigenvalue weighted by Crippen LogP contribution is 2.06. The number of hydrogen-bond donors (Lipinski definition) is 1. The molecule has 0 aliphatic carbocycles. The van der Waals surface area contributed by atoms with E-state index < -0.39 is 0 Å². The minimum Gasteiger partial charge on any atom is -0.384 e. The van der Waals surface area contributed by atoms with Gasteiger partial charge < -0.3 is 5.32 Å². The highest BCUT2D eigenvalue weighted by Gasteiger charge is 2.02. The number of carbonyl (C=O) groups is 1. The quantitative estimate of drug-likeness (QED) is 0.656. The lowest BCUT2D eigenvalue weighted by molar-refractivity contribution is 0.104. The molecule has 2 aromatic rings. The van der Waals surface area contributed by atoms with E-state index in [0.29, 0.717) is 0 Å². The Morgan fingerprint density at radius 1 is 1.05 bits per heavy atom. The van der Waals surface area contributed by atoms with Crippen LogP contribution >= 0.6 is 0 Å². The van der Waals surface area contributed by atoms with Crippen molar-refractivity contribution in [2.45, 2.75) is 20.4 Å². The van der Waals surface area contributed by atoms with Gasteiger partial charge in [-0.2, -0.15) is 0 Å². The first-order chi connectivity index (χ1) is 9.65. The van der Waals surface area contributed by atoms with Gasteiger partial charge in [0.15, 0.2) is 5.78 Å². The van der Waals surface area contributed by atoms with Gasteiger partial charge in [0.1, 0.15) is 0 Å². The molecule has 0 aliphatic rings. The molecule has 0 atom stereocenters. The van der Waals surface area contributed by atoms with Gasteiger partial charge in [-0.3, -0.25) is 4.79 Å². The molecule has 2 rings (SSSR count). The highest BCUT2D eigenvalue weighted by atomic mass is 16.1. The van der Waals surface area contributed by atoms with Crippen molar-refractivity contribution in [3.8, 4) is 0 Å². The second-order valence-electron chi connectivity index (χ2n) is 4.90. The summed E-state index contributed by atoms with van der Waals surface area (Å²) >= 11 is 0. The Bertz CT molecular complexity index is 597. The van der Waals surface area contributed by atoms with Crippen LogP contribution in [0.25, 0.3) is 0 Å². The van der Waals surface area contributed by atoms with Crippen molar-refractivity contribution in [1.82, 2.24) is 5.32 Å². The Hall–Kier alpha value is -2.35. The van der Waals surface area contributed by atoms with E-state index >= 15 is 0 Å². The third-order valence-corrected chi connectivity index (χ3v) is 3.10. The molecule has 1 N–H and O–H groups in total. The standard InChI is InChI=1S/C18H19NO/c1-14-8-10-17(11-9-14)18(20)12-15(2)19-13-16-6-4-3-5-7-16/h3-12,19H,13H2,1-2H3. The van der Waals surface area contributed by atoms with Crippen molar-refractivity contribution < 1.29 is 4.79 Å². The maximum Gasteiger partial charge on any atom is 0.187 e. The van der Waals surface area contributed by atoms with Gasteiger partial charge in [0, 0.05) is 23.9 Å². The van der Waals surface area contributed by atoms with Gasteiger partial charge in [-0.15, -0.1) is 0 Å². The minimum atomic E-state index is 0.0306. The first-order valence-electron chi connectivity index (χ1n) is 6.72. The van der Waals surface area contributed by atoms with Crippen molar-refractivity contribution in [1.29, 1.82) is 0 Å². The van der Waals surface area contributed by atoms with Crippen LogP contribution in [0.5, 0.6) is 0 Å². The van der Waals surface area contributed by atoms with E-state index in [2.05, 4.69) is 17.4 Å². The molecule has 102 valence electrons. The minimum absolute atomic E-state index is 0.0306. The lowest BCUT2D eigenvalue weighted by Crippen LogP contribution is -2.12. The van der Waals surface area contributed by atoms with E-state index in [9.17, 15) is 4.79 Å². The third-order valence-electron chi connectivity index (χ3n) is 3.10. The molecule has 0 bridgehead atoms. The number of benzene rings is 2. The Kier molecular flexibility index (Phi) is 4.72. The predicted molar refractivity (Wildman–Crippen MR) is 82.5 cm³/mol. The zero-order valence-electron chi connectivity index (χ0n) is 11.9. The number of nitrogens with one attached hydrogen (secondary N) is 1. The summed E-state index contributed by atoms with van der Waals surface area (Å²) in [5.41, 5.74) is 3.95. The van der Waals surface area contributed by atoms with Crippen molar-refractivity contribution >= 4 is 5.78 Å². The van der Waals surface area contributed by atoms with Gasteiger partial charge in [-0.1, -0.05) is 60.2 Å². The van der Waals surface area contributed by atoms with Gasteiger partial charge in [0.25, 0.3) is 0 Å². The first kappa shape index (κ1) is 14.1. The number of carbonyl (C=O) groups excluding carboxylic acids is 1. The highest BCUT2D eigenvalue weighted by molar-refractivity contribution is 6.04. The molecular formula is C18H19NO. The summed E-state index contributed by atoms with van der Waals surface area (Å²) in [5, 5.41) is 3.25. The molecule has 2 aromatic carbocycles. The molecule has 0 saturated carbocycles. The van der Waals surface area contributed by atoms with E-state index in [1.54, 1.807) is 6.08 Å². The average Bonchev–Trinajstić information content (AvgIpc) is 2.47. The number of hydrogen-bond acceptors (Lipinski definition) is 2. The van der Waals surface area contributed by atoms with Gasteiger partial charge in [-0.25, -0.2) is 0 Å². The van der Waals surface area contributed by atoms with Gasteiger partial charge in [-0.05, 0) is 19.4 Å². The van der Waals surface area contributed by atoms with Crippen LogP contribution in [0.4, 0.5) is 0 Å². The predicted octanol–water partition coefficient (Wildman–Crippen LogP) is 3.87. The van der Waals surface area contributed by atoms with E-state index in [1.165, 1.54) is 5.56 Å². The number of allylic oxidation sites excluding steroid dienone is 2. The molecule has 0 fully saturated rings. The summed E-state index contributed by atoms with van der Waals surface area (Å²) in [6, 6.07) is 17.7. The van der Waals surface area contributed by atoms with E-state index in [4.69, 9.17) is 0 Å². The molecule has 0 radical (unpaired) electrons. The molecule has 0 spiro atoms. The zero-order chi connectivity index (χ0) is 14.4. The summed E-state index contributed by atoms with van der Waals surface area (Å²) in [4.78, 5) is 12.1. The average molecular weight is 265 g/mol. The van der Waals surface area contributed by atoms with Crippen LogP contribution in [0, 0.1) is 6.92 Å². The number of aryl methyl sites for hydroxylation is 1. The fourth-order valence-corrected chi connectivity index (χ4v) is 1.89. The normalized spacial score (nSPS) is 11.2. The molecule has 0 aromatic heterocycles. The molecule has 0 heterocycles. The van der Waals surface area contributed by atoms with Gasteiger partial charge in [0.2, 0.25) is 0 Å². The molecule has 20 heavy (non-hydrogen) atoms. The Morgan fingerprint density at radius 3 is 2.35 bits per heavy atom. The van der Waals surface area contributed by atoms with E-state index in [1.807, 2.05) is 56.3 Å². The summed E-state index contributed by atoms with van der Waals surface area (Å²) in [7, 11) is 0. The Labute approximate surface area is 120 Å². The van der Waals surface area contributed by atoms with Crippen LogP contribution in [-0.4, -0.2) is 5.78 Å². The Balaban J connectivity index is 1.96. The summed E-state index contributed by atoms with van der Waals surface area (Å²) in [5.74, 6) is 0.0306. The van der Waals surface area contributed by atoms with Crippen molar-refractivity contribution in [2.75, 3.05) is 0 Å². The fraction of sp³-hybridized carbons (Fsp3) is 0.167. The van der Waals surface area contributed by atoms with Crippen LogP contribution in [0.2, 0.25) is 0 Å². The molecule has 0 amide bonds. The molecule has 0 aliphatic heterocycles. The van der Waals surface area contributed by atoms with Crippen LogP contribution in [-0.2, 0) is 6.54 Å². The lowest BCUT2D eigenvalue weighted by Gasteiger charge is -2.06. The molecule has 0 unspecified atom stereocenters. The maximum atomic E-state index is 12.1. The number of rotatable bonds is 5. The summed E-state index contributed by atoms with van der Waals surface area (Å²) in [6.45, 7) is 4.65. The van der Waals surface area contributed by atoms with Gasteiger partial charge in [0.05, 0.1) is 0 Å². The molecule has 0 saturated heterocycles.